The van der Waals surface area contributed by atoms with Crippen LogP contribution in [0.1, 0.15) is 18.4 Å². The summed E-state index contributed by atoms with van der Waals surface area (Å²) in [5.41, 5.74) is 0.859. The average molecular weight is 319 g/mol. The van der Waals surface area contributed by atoms with Crippen LogP contribution in [-0.4, -0.2) is 27.9 Å². The largest absolute Gasteiger partial charge is 0.381 e. The van der Waals surface area contributed by atoms with Crippen LogP contribution < -0.4 is 0 Å². The van der Waals surface area contributed by atoms with E-state index in [4.69, 9.17) is 4.74 Å². The molecule has 1 aliphatic heterocycles. The van der Waals surface area contributed by atoms with Gasteiger partial charge in [-0.15, -0.1) is 0 Å². The molecule has 17 heavy (non-hydrogen) atoms. The summed E-state index contributed by atoms with van der Waals surface area (Å²) in [6.07, 6.45) is 2.38. The Balaban J connectivity index is 2.54. The molecule has 0 amide bonds. The molecule has 1 aromatic rings. The van der Waals surface area contributed by atoms with Crippen molar-refractivity contribution in [2.45, 2.75) is 17.6 Å². The molecule has 3 nitrogen and oxygen atoms in total. The van der Waals surface area contributed by atoms with Gasteiger partial charge in [0.05, 0.1) is 0 Å². The summed E-state index contributed by atoms with van der Waals surface area (Å²) in [7, 11) is -3.16. The van der Waals surface area contributed by atoms with Crippen LogP contribution in [0.2, 0.25) is 0 Å². The van der Waals surface area contributed by atoms with Gasteiger partial charge in [-0.25, -0.2) is 8.42 Å². The maximum absolute atomic E-state index is 12.1. The van der Waals surface area contributed by atoms with Crippen molar-refractivity contribution in [1.82, 2.24) is 0 Å². The van der Waals surface area contributed by atoms with Crippen LogP contribution in [0.3, 0.4) is 0 Å². The van der Waals surface area contributed by atoms with Crippen molar-refractivity contribution >= 4 is 25.8 Å². The molecule has 1 aliphatic rings. The van der Waals surface area contributed by atoms with Crippen LogP contribution >= 0.6 is 15.9 Å². The highest BCUT2D eigenvalue weighted by atomic mass is 79.9. The number of benzene rings is 1. The topological polar surface area (TPSA) is 43.4 Å². The predicted octanol–water partition coefficient (Wildman–Crippen LogP) is 2.50. The maximum Gasteiger partial charge on any atom is 0.157 e. The van der Waals surface area contributed by atoms with Crippen molar-refractivity contribution in [3.05, 3.63) is 34.3 Å². The fourth-order valence-electron chi connectivity index (χ4n) is 2.35. The normalized spacial score (nSPS) is 20.1. The second-order valence-electron chi connectivity index (χ2n) is 4.39. The number of ether oxygens (including phenoxy) is 1. The smallest absolute Gasteiger partial charge is 0.157 e. The first-order valence-corrected chi connectivity index (χ1v) is 8.17. The highest BCUT2D eigenvalue weighted by molar-refractivity contribution is 9.10. The first-order valence-electron chi connectivity index (χ1n) is 5.49. The Morgan fingerprint density at radius 2 is 1.94 bits per heavy atom. The molecule has 0 aromatic heterocycles. The molecule has 0 unspecified atom stereocenters. The SMILES string of the molecule is CS(=O)(=O)C1(c2cccc(Br)c2)CCOCC1. The molecule has 1 aromatic carbocycles. The second-order valence-corrected chi connectivity index (χ2v) is 7.63. The zero-order valence-corrected chi connectivity index (χ0v) is 12.1. The lowest BCUT2D eigenvalue weighted by atomic mass is 9.90. The molecule has 0 atom stereocenters. The summed E-state index contributed by atoms with van der Waals surface area (Å²) >= 11 is 3.39. The third-order valence-electron chi connectivity index (χ3n) is 3.36. The van der Waals surface area contributed by atoms with Gasteiger partial charge in [0.1, 0.15) is 4.75 Å². The zero-order chi connectivity index (χ0) is 12.5. The Labute approximate surface area is 110 Å². The predicted molar refractivity (Wildman–Crippen MR) is 70.7 cm³/mol. The molecule has 1 heterocycles. The second kappa shape index (κ2) is 4.71. The third-order valence-corrected chi connectivity index (χ3v) is 5.92. The molecule has 1 saturated heterocycles. The van der Waals surface area contributed by atoms with Gasteiger partial charge in [0.15, 0.2) is 9.84 Å². The minimum absolute atomic E-state index is 0.500. The summed E-state index contributed by atoms with van der Waals surface area (Å²) in [6, 6.07) is 7.56. The Morgan fingerprint density at radius 1 is 1.29 bits per heavy atom. The molecule has 0 spiro atoms. The molecular formula is C12H15BrO3S. The lowest BCUT2D eigenvalue weighted by Gasteiger charge is -2.36. The third kappa shape index (κ3) is 2.41. The first-order chi connectivity index (χ1) is 7.96. The van der Waals surface area contributed by atoms with Crippen molar-refractivity contribution in [3.8, 4) is 0 Å². The molecule has 2 rings (SSSR count). The van der Waals surface area contributed by atoms with E-state index in [1.165, 1.54) is 6.26 Å². The van der Waals surface area contributed by atoms with Gasteiger partial charge in [0.2, 0.25) is 0 Å². The molecule has 0 N–H and O–H groups in total. The number of sulfone groups is 1. The molecule has 1 fully saturated rings. The Bertz CT molecular complexity index is 504. The van der Waals surface area contributed by atoms with E-state index >= 15 is 0 Å². The number of hydrogen-bond acceptors (Lipinski definition) is 3. The van der Waals surface area contributed by atoms with Crippen molar-refractivity contribution in [2.24, 2.45) is 0 Å². The van der Waals surface area contributed by atoms with E-state index in [9.17, 15) is 8.42 Å². The van der Waals surface area contributed by atoms with Gasteiger partial charge in [0.25, 0.3) is 0 Å². The fourth-order valence-corrected chi connectivity index (χ4v) is 4.21. The lowest BCUT2D eigenvalue weighted by Crippen LogP contribution is -2.40. The molecule has 0 saturated carbocycles. The van der Waals surface area contributed by atoms with Gasteiger partial charge in [0, 0.05) is 23.9 Å². The minimum Gasteiger partial charge on any atom is -0.381 e. The Hall–Kier alpha value is -0.390. The van der Waals surface area contributed by atoms with Crippen LogP contribution in [0, 0.1) is 0 Å². The van der Waals surface area contributed by atoms with Crippen LogP contribution in [0.15, 0.2) is 28.7 Å². The van der Waals surface area contributed by atoms with Gasteiger partial charge in [-0.3, -0.25) is 0 Å². The van der Waals surface area contributed by atoms with Crippen molar-refractivity contribution in [2.75, 3.05) is 19.5 Å². The van der Waals surface area contributed by atoms with Gasteiger partial charge in [-0.05, 0) is 30.5 Å². The van der Waals surface area contributed by atoms with Crippen LogP contribution in [0.4, 0.5) is 0 Å². The van der Waals surface area contributed by atoms with Crippen LogP contribution in [0.5, 0.6) is 0 Å². The summed E-state index contributed by atoms with van der Waals surface area (Å²) in [5, 5.41) is 0. The summed E-state index contributed by atoms with van der Waals surface area (Å²) in [5.74, 6) is 0. The van der Waals surface area contributed by atoms with E-state index < -0.39 is 14.6 Å². The van der Waals surface area contributed by atoms with Crippen molar-refractivity contribution < 1.29 is 13.2 Å². The maximum atomic E-state index is 12.1. The Morgan fingerprint density at radius 3 is 2.47 bits per heavy atom. The molecule has 0 bridgehead atoms. The standard InChI is InChI=1S/C12H15BrO3S/c1-17(14,15)12(5-7-16-8-6-12)10-3-2-4-11(13)9-10/h2-4,9H,5-8H2,1H3. The van der Waals surface area contributed by atoms with E-state index in [0.29, 0.717) is 26.1 Å². The monoisotopic (exact) mass is 318 g/mol. The summed E-state index contributed by atoms with van der Waals surface area (Å²) in [4.78, 5) is 0. The number of halogens is 1. The fraction of sp³-hybridized carbons (Fsp3) is 0.500. The molecule has 5 heteroatoms. The van der Waals surface area contributed by atoms with Gasteiger partial charge >= 0.3 is 0 Å². The molecular weight excluding hydrogens is 304 g/mol. The van der Waals surface area contributed by atoms with Crippen LogP contribution in [-0.2, 0) is 19.3 Å². The van der Waals surface area contributed by atoms with Gasteiger partial charge in [-0.2, -0.15) is 0 Å². The average Bonchev–Trinajstić information content (AvgIpc) is 2.28. The van der Waals surface area contributed by atoms with E-state index in [2.05, 4.69) is 15.9 Å². The van der Waals surface area contributed by atoms with Gasteiger partial charge in [-0.1, -0.05) is 28.1 Å². The number of hydrogen-bond donors (Lipinski definition) is 0. The van der Waals surface area contributed by atoms with Crippen LogP contribution in [0.25, 0.3) is 0 Å². The highest BCUT2D eigenvalue weighted by Gasteiger charge is 2.43. The summed E-state index contributed by atoms with van der Waals surface area (Å²) < 4.78 is 29.7. The molecule has 0 aliphatic carbocycles. The van der Waals surface area contributed by atoms with E-state index in [1.807, 2.05) is 24.3 Å². The zero-order valence-electron chi connectivity index (χ0n) is 9.65. The molecule has 94 valence electrons. The van der Waals surface area contributed by atoms with Crippen molar-refractivity contribution in [1.29, 1.82) is 0 Å². The highest BCUT2D eigenvalue weighted by Crippen LogP contribution is 2.40. The van der Waals surface area contributed by atoms with Crippen molar-refractivity contribution in [3.63, 3.8) is 0 Å². The summed E-state index contributed by atoms with van der Waals surface area (Å²) in [6.45, 7) is 0.999. The first kappa shape index (κ1) is 13.1. The van der Waals surface area contributed by atoms with E-state index in [1.54, 1.807) is 0 Å². The quantitative estimate of drug-likeness (QED) is 0.841. The number of rotatable bonds is 2. The minimum atomic E-state index is -3.16. The molecule has 0 radical (unpaired) electrons. The van der Waals surface area contributed by atoms with E-state index in [0.717, 1.165) is 10.0 Å². The Kier molecular flexibility index (Phi) is 3.61. The lowest BCUT2D eigenvalue weighted by molar-refractivity contribution is 0.0742. The van der Waals surface area contributed by atoms with Gasteiger partial charge < -0.3 is 4.74 Å². The van der Waals surface area contributed by atoms with E-state index in [-0.39, 0.29) is 0 Å².